The number of hydrogen-bond donors (Lipinski definition) is 1. The van der Waals surface area contributed by atoms with E-state index in [2.05, 4.69) is 30.1 Å². The van der Waals surface area contributed by atoms with E-state index in [4.69, 9.17) is 42.2 Å². The van der Waals surface area contributed by atoms with Crippen molar-refractivity contribution in [2.24, 2.45) is 0 Å². The molecule has 1 aromatic heterocycles. The first-order valence-electron chi connectivity index (χ1n) is 11.2. The van der Waals surface area contributed by atoms with Gasteiger partial charge in [-0.25, -0.2) is 14.4 Å². The molecule has 0 saturated heterocycles. The summed E-state index contributed by atoms with van der Waals surface area (Å²) < 4.78 is 28.7. The number of aromatic carboxylic acids is 1. The van der Waals surface area contributed by atoms with Crippen LogP contribution >= 0.6 is 39.1 Å². The average molecular weight is 680 g/mol. The lowest BCUT2D eigenvalue weighted by Crippen LogP contribution is -2.14. The summed E-state index contributed by atoms with van der Waals surface area (Å²) in [5, 5.41) is 10.5. The molecule has 3 aromatic rings. The lowest BCUT2D eigenvalue weighted by Gasteiger charge is -2.09. The molecule has 222 valence electrons. The number of carboxylic acid groups (broad SMARTS) is 1. The number of halogens is 3. The van der Waals surface area contributed by atoms with Crippen molar-refractivity contribution in [2.75, 3.05) is 39.9 Å². The third kappa shape index (κ3) is 11.7. The minimum atomic E-state index is -1.26. The highest BCUT2D eigenvalue weighted by atomic mass is 79.9. The van der Waals surface area contributed by atoms with E-state index < -0.39 is 17.9 Å². The zero-order chi connectivity index (χ0) is 31.1. The Labute approximate surface area is 252 Å². The number of Topliss-reactive ketones (excluding diaryl/α,β-unsaturated/α-hetero) is 1. The molecule has 0 spiro atoms. The van der Waals surface area contributed by atoms with Gasteiger partial charge in [-0.3, -0.25) is 9.59 Å². The van der Waals surface area contributed by atoms with Crippen molar-refractivity contribution in [3.8, 4) is 11.5 Å². The fraction of sp³-hybridized carbons (Fsp3) is 0.269. The van der Waals surface area contributed by atoms with E-state index in [0.29, 0.717) is 21.0 Å². The number of carbonyl (C=O) groups excluding carboxylic acids is 4. The third-order valence-corrected chi connectivity index (χ3v) is 5.40. The van der Waals surface area contributed by atoms with Crippen molar-refractivity contribution >= 4 is 79.8 Å². The van der Waals surface area contributed by atoms with E-state index >= 15 is 0 Å². The summed E-state index contributed by atoms with van der Waals surface area (Å²) in [7, 11) is 3.84. The fourth-order valence-corrected chi connectivity index (χ4v) is 3.23. The summed E-state index contributed by atoms with van der Waals surface area (Å²) in [6.45, 7) is 0.833. The largest absolute Gasteiger partial charge is 0.481 e. The first-order chi connectivity index (χ1) is 19.4. The summed E-state index contributed by atoms with van der Waals surface area (Å²) in [5.41, 5.74) is 0.499. The zero-order valence-corrected chi connectivity index (χ0v) is 25.3. The molecule has 0 fully saturated rings. The minimum absolute atomic E-state index is 0.0233. The van der Waals surface area contributed by atoms with Crippen LogP contribution in [0.5, 0.6) is 11.5 Å². The number of carbonyl (C=O) groups is 5. The Morgan fingerprint density at radius 2 is 1.46 bits per heavy atom. The summed E-state index contributed by atoms with van der Waals surface area (Å²) in [6.07, 6.45) is 0. The van der Waals surface area contributed by atoms with Gasteiger partial charge in [0.25, 0.3) is 5.76 Å². The number of rotatable bonds is 9. The molecule has 1 N–H and O–H groups in total. The Hall–Kier alpha value is -3.81. The highest BCUT2D eigenvalue weighted by molar-refractivity contribution is 9.09. The number of furan rings is 1. The molecule has 0 aliphatic heterocycles. The highest BCUT2D eigenvalue weighted by Crippen LogP contribution is 2.35. The monoisotopic (exact) mass is 678 g/mol. The molecule has 3 rings (SSSR count). The normalized spacial score (nSPS) is 9.73. The van der Waals surface area contributed by atoms with Crippen LogP contribution in [0.15, 0.2) is 40.8 Å². The molecule has 0 aliphatic rings. The minimum Gasteiger partial charge on any atom is -0.481 e. The number of alkyl halides is 1. The maximum Gasteiger partial charge on any atom is 0.375 e. The van der Waals surface area contributed by atoms with Crippen LogP contribution in [0.4, 0.5) is 0 Å². The van der Waals surface area contributed by atoms with Crippen molar-refractivity contribution < 1.29 is 57.2 Å². The second-order valence-electron chi connectivity index (χ2n) is 7.40. The predicted molar refractivity (Wildman–Crippen MR) is 150 cm³/mol. The molecule has 1 heterocycles. The number of ether oxygens (including phenoxy) is 5. The molecule has 0 atom stereocenters. The Balaban J connectivity index is 0.000000344. The van der Waals surface area contributed by atoms with Crippen LogP contribution in [0.1, 0.15) is 27.8 Å². The maximum atomic E-state index is 11.4. The third-order valence-electron chi connectivity index (χ3n) is 4.48. The van der Waals surface area contributed by atoms with Crippen LogP contribution in [0.2, 0.25) is 10.0 Å². The van der Waals surface area contributed by atoms with Gasteiger partial charge in [0.15, 0.2) is 18.1 Å². The van der Waals surface area contributed by atoms with Gasteiger partial charge in [-0.15, -0.1) is 0 Å². The Morgan fingerprint density at radius 3 is 1.98 bits per heavy atom. The van der Waals surface area contributed by atoms with E-state index in [1.54, 1.807) is 18.2 Å². The van der Waals surface area contributed by atoms with Crippen molar-refractivity contribution in [1.29, 1.82) is 0 Å². The van der Waals surface area contributed by atoms with Crippen molar-refractivity contribution in [1.82, 2.24) is 0 Å². The van der Waals surface area contributed by atoms with E-state index in [1.165, 1.54) is 46.5 Å². The van der Waals surface area contributed by atoms with Gasteiger partial charge in [0, 0.05) is 10.0 Å². The summed E-state index contributed by atoms with van der Waals surface area (Å²) in [6, 6.07) is 9.08. The number of carboxylic acids is 1. The molecule has 15 heteroatoms. The van der Waals surface area contributed by atoms with E-state index in [-0.39, 0.29) is 53.1 Å². The molecule has 2 aromatic carbocycles. The van der Waals surface area contributed by atoms with E-state index in [9.17, 15) is 24.0 Å². The van der Waals surface area contributed by atoms with E-state index in [0.717, 1.165) is 0 Å². The molecule has 0 aliphatic carbocycles. The topological polar surface area (TPSA) is 165 Å². The smallest absolute Gasteiger partial charge is 0.375 e. The SMILES string of the molecule is CC(=O)COc1c(C(=O)O)oc2ccc(Cl)cc12.COC(=O)CBr.COC(=O)COc1ccc(Cl)cc1C(=O)OC. The standard InChI is InChI=1S/C12H9ClO5.C11H11ClO5.C3H5BrO2/c1-6(14)5-17-10-8-4-7(13)2-3-9(8)18-11(10)12(15)16;1-15-10(13)6-17-9-4-3-7(12)5-8(9)11(14)16-2;1-6-3(5)2-4/h2-4H,5H2,1H3,(H,15,16);3-5H,6H2,1-2H3;2H2,1H3. The van der Waals surface area contributed by atoms with Gasteiger partial charge in [-0.1, -0.05) is 39.1 Å². The average Bonchev–Trinajstić information content (AvgIpc) is 3.32. The molecule has 0 bridgehead atoms. The second-order valence-corrected chi connectivity index (χ2v) is 8.84. The quantitative estimate of drug-likeness (QED) is 0.183. The lowest BCUT2D eigenvalue weighted by molar-refractivity contribution is -0.143. The van der Waals surface area contributed by atoms with Gasteiger partial charge >= 0.3 is 23.9 Å². The lowest BCUT2D eigenvalue weighted by atomic mass is 10.2. The molecular weight excluding hydrogens is 655 g/mol. The van der Waals surface area contributed by atoms with Gasteiger partial charge in [-0.2, -0.15) is 0 Å². The van der Waals surface area contributed by atoms with Gasteiger partial charge in [0.1, 0.15) is 28.8 Å². The molecule has 0 unspecified atom stereocenters. The zero-order valence-electron chi connectivity index (χ0n) is 22.2. The van der Waals surface area contributed by atoms with Crippen LogP contribution in [-0.4, -0.2) is 74.6 Å². The predicted octanol–water partition coefficient (Wildman–Crippen LogP) is 4.98. The Kier molecular flexibility index (Phi) is 15.3. The van der Waals surface area contributed by atoms with Gasteiger partial charge in [0.2, 0.25) is 0 Å². The summed E-state index contributed by atoms with van der Waals surface area (Å²) in [5.74, 6) is -2.96. The molecule has 0 radical (unpaired) electrons. The summed E-state index contributed by atoms with van der Waals surface area (Å²) in [4.78, 5) is 54.2. The summed E-state index contributed by atoms with van der Waals surface area (Å²) >= 11 is 14.5. The molecule has 0 saturated carbocycles. The van der Waals surface area contributed by atoms with Gasteiger partial charge < -0.3 is 33.2 Å². The molecular formula is C26H25BrCl2O12. The van der Waals surface area contributed by atoms with Gasteiger partial charge in [0.05, 0.1) is 26.7 Å². The number of methoxy groups -OCH3 is 3. The van der Waals surface area contributed by atoms with Crippen LogP contribution in [0.25, 0.3) is 11.0 Å². The van der Waals surface area contributed by atoms with Gasteiger partial charge in [-0.05, 0) is 43.3 Å². The van der Waals surface area contributed by atoms with Crippen molar-refractivity contribution in [3.63, 3.8) is 0 Å². The fourth-order valence-electron chi connectivity index (χ4n) is 2.65. The number of fused-ring (bicyclic) bond motifs is 1. The maximum absolute atomic E-state index is 11.4. The Bertz CT molecular complexity index is 1380. The highest BCUT2D eigenvalue weighted by Gasteiger charge is 2.22. The molecule has 0 amide bonds. The van der Waals surface area contributed by atoms with Crippen LogP contribution in [0, 0.1) is 0 Å². The number of benzene rings is 2. The first-order valence-corrected chi connectivity index (χ1v) is 13.0. The number of hydrogen-bond acceptors (Lipinski definition) is 11. The van der Waals surface area contributed by atoms with Crippen molar-refractivity contribution in [2.45, 2.75) is 6.92 Å². The first kappa shape index (κ1) is 35.2. The van der Waals surface area contributed by atoms with Crippen LogP contribution < -0.4 is 9.47 Å². The molecule has 12 nitrogen and oxygen atoms in total. The van der Waals surface area contributed by atoms with Crippen molar-refractivity contribution in [3.05, 3.63) is 57.8 Å². The van der Waals surface area contributed by atoms with Crippen LogP contribution in [-0.2, 0) is 28.6 Å². The van der Waals surface area contributed by atoms with E-state index in [1.807, 2.05) is 0 Å². The molecule has 41 heavy (non-hydrogen) atoms. The second kappa shape index (κ2) is 17.8. The van der Waals surface area contributed by atoms with Crippen LogP contribution in [0.3, 0.4) is 0 Å². The Morgan fingerprint density at radius 1 is 0.854 bits per heavy atom. The number of ketones is 1. The number of esters is 3.